The Hall–Kier alpha value is -2.47. The van der Waals surface area contributed by atoms with Gasteiger partial charge < -0.3 is 19.2 Å². The van der Waals surface area contributed by atoms with Gasteiger partial charge in [0, 0.05) is 6.54 Å². The van der Waals surface area contributed by atoms with Crippen LogP contribution in [-0.2, 0) is 4.79 Å². The first kappa shape index (κ1) is 18.3. The van der Waals surface area contributed by atoms with Crippen LogP contribution in [0.3, 0.4) is 0 Å². The lowest BCUT2D eigenvalue weighted by Gasteiger charge is -2.26. The van der Waals surface area contributed by atoms with Gasteiger partial charge in [0.05, 0.1) is 19.4 Å². The highest BCUT2D eigenvalue weighted by Gasteiger charge is 2.26. The van der Waals surface area contributed by atoms with Crippen molar-refractivity contribution in [3.63, 3.8) is 0 Å². The number of nitrogens with zero attached hydrogens (tertiary/aromatic N) is 1. The minimum atomic E-state index is -0.164. The van der Waals surface area contributed by atoms with E-state index in [2.05, 4.69) is 10.2 Å². The van der Waals surface area contributed by atoms with E-state index in [1.54, 1.807) is 13.4 Å². The van der Waals surface area contributed by atoms with E-state index >= 15 is 0 Å². The number of hydrogen-bond donors (Lipinski definition) is 1. The molecule has 1 N–H and O–H groups in total. The Labute approximate surface area is 154 Å². The second-order valence-electron chi connectivity index (χ2n) is 6.52. The molecule has 0 radical (unpaired) electrons. The Morgan fingerprint density at radius 1 is 1.27 bits per heavy atom. The average molecular weight is 358 g/mol. The molecule has 2 aromatic rings. The van der Waals surface area contributed by atoms with E-state index in [0.29, 0.717) is 18.0 Å². The predicted octanol–water partition coefficient (Wildman–Crippen LogP) is 2.93. The Kier molecular flexibility index (Phi) is 6.17. The standard InChI is InChI=1S/C20H26N2O4/c1-15-7-8-18(19(12-15)24-2)26-14-20(23)21-13-16(17-6-5-11-25-17)22-9-3-4-10-22/h5-8,11-12,16H,3-4,9-10,13-14H2,1-2H3,(H,21,23). The van der Waals surface area contributed by atoms with Gasteiger partial charge in [-0.3, -0.25) is 9.69 Å². The van der Waals surface area contributed by atoms with E-state index in [9.17, 15) is 4.79 Å². The maximum absolute atomic E-state index is 12.2. The van der Waals surface area contributed by atoms with Crippen molar-refractivity contribution in [3.05, 3.63) is 47.9 Å². The number of ether oxygens (including phenoxy) is 2. The van der Waals surface area contributed by atoms with Crippen LogP contribution in [0, 0.1) is 6.92 Å². The molecule has 1 aliphatic rings. The number of methoxy groups -OCH3 is 1. The zero-order chi connectivity index (χ0) is 18.4. The molecule has 1 aromatic heterocycles. The fraction of sp³-hybridized carbons (Fsp3) is 0.450. The number of furan rings is 1. The highest BCUT2D eigenvalue weighted by molar-refractivity contribution is 5.77. The number of carbonyl (C=O) groups excluding carboxylic acids is 1. The Balaban J connectivity index is 1.54. The normalized spacial score (nSPS) is 15.6. The SMILES string of the molecule is COc1cc(C)ccc1OCC(=O)NCC(c1ccco1)N1CCCC1. The molecule has 3 rings (SSSR count). The first-order valence-corrected chi connectivity index (χ1v) is 8.99. The third-order valence-corrected chi connectivity index (χ3v) is 4.62. The quantitative estimate of drug-likeness (QED) is 0.786. The molecule has 2 heterocycles. The lowest BCUT2D eigenvalue weighted by molar-refractivity contribution is -0.123. The van der Waals surface area contributed by atoms with Crippen LogP contribution >= 0.6 is 0 Å². The van der Waals surface area contributed by atoms with Crippen LogP contribution in [0.1, 0.15) is 30.2 Å². The minimum absolute atomic E-state index is 0.0513. The third-order valence-electron chi connectivity index (χ3n) is 4.62. The van der Waals surface area contributed by atoms with Crippen molar-refractivity contribution in [2.75, 3.05) is 33.4 Å². The van der Waals surface area contributed by atoms with E-state index in [-0.39, 0.29) is 18.6 Å². The first-order valence-electron chi connectivity index (χ1n) is 8.99. The van der Waals surface area contributed by atoms with Gasteiger partial charge in [-0.05, 0) is 62.7 Å². The van der Waals surface area contributed by atoms with Crippen molar-refractivity contribution in [2.24, 2.45) is 0 Å². The van der Waals surface area contributed by atoms with Crippen LogP contribution in [-0.4, -0.2) is 44.2 Å². The van der Waals surface area contributed by atoms with Gasteiger partial charge in [-0.1, -0.05) is 6.07 Å². The van der Waals surface area contributed by atoms with Crippen molar-refractivity contribution in [2.45, 2.75) is 25.8 Å². The summed E-state index contributed by atoms with van der Waals surface area (Å²) < 4.78 is 16.5. The fourth-order valence-electron chi connectivity index (χ4n) is 3.24. The number of benzene rings is 1. The smallest absolute Gasteiger partial charge is 0.258 e. The maximum Gasteiger partial charge on any atom is 0.258 e. The van der Waals surface area contributed by atoms with Crippen molar-refractivity contribution >= 4 is 5.91 Å². The molecule has 1 atom stereocenters. The second kappa shape index (κ2) is 8.76. The second-order valence-corrected chi connectivity index (χ2v) is 6.52. The number of nitrogens with one attached hydrogen (secondary N) is 1. The fourth-order valence-corrected chi connectivity index (χ4v) is 3.24. The molecule has 0 saturated carbocycles. The maximum atomic E-state index is 12.2. The molecule has 26 heavy (non-hydrogen) atoms. The van der Waals surface area contributed by atoms with Gasteiger partial charge in [0.25, 0.3) is 5.91 Å². The average Bonchev–Trinajstić information content (AvgIpc) is 3.35. The number of rotatable bonds is 8. The largest absolute Gasteiger partial charge is 0.493 e. The van der Waals surface area contributed by atoms with Crippen molar-refractivity contribution in [3.8, 4) is 11.5 Å². The van der Waals surface area contributed by atoms with Gasteiger partial charge in [-0.25, -0.2) is 0 Å². The highest BCUT2D eigenvalue weighted by Crippen LogP contribution is 2.28. The van der Waals surface area contributed by atoms with Crippen LogP contribution in [0.15, 0.2) is 41.0 Å². The Bertz CT molecular complexity index is 709. The van der Waals surface area contributed by atoms with Gasteiger partial charge >= 0.3 is 0 Å². The summed E-state index contributed by atoms with van der Waals surface area (Å²) in [6.45, 7) is 4.48. The summed E-state index contributed by atoms with van der Waals surface area (Å²) in [5.41, 5.74) is 1.07. The van der Waals surface area contributed by atoms with Gasteiger partial charge in [0.2, 0.25) is 0 Å². The summed E-state index contributed by atoms with van der Waals surface area (Å²) >= 11 is 0. The molecule has 1 amide bonds. The minimum Gasteiger partial charge on any atom is -0.493 e. The molecule has 0 spiro atoms. The summed E-state index contributed by atoms with van der Waals surface area (Å²) in [7, 11) is 1.59. The van der Waals surface area contributed by atoms with E-state index in [1.807, 2.05) is 37.3 Å². The topological polar surface area (TPSA) is 63.9 Å². The van der Waals surface area contributed by atoms with Crippen LogP contribution in [0.5, 0.6) is 11.5 Å². The van der Waals surface area contributed by atoms with Crippen LogP contribution in [0.2, 0.25) is 0 Å². The molecular weight excluding hydrogens is 332 g/mol. The molecule has 1 aliphatic heterocycles. The Morgan fingerprint density at radius 3 is 2.77 bits per heavy atom. The zero-order valence-corrected chi connectivity index (χ0v) is 15.4. The monoisotopic (exact) mass is 358 g/mol. The Morgan fingerprint density at radius 2 is 2.08 bits per heavy atom. The van der Waals surface area contributed by atoms with E-state index in [4.69, 9.17) is 13.9 Å². The molecule has 0 aliphatic carbocycles. The molecular formula is C20H26N2O4. The molecule has 6 heteroatoms. The van der Waals surface area contributed by atoms with Gasteiger partial charge in [-0.2, -0.15) is 0 Å². The van der Waals surface area contributed by atoms with Crippen LogP contribution < -0.4 is 14.8 Å². The highest BCUT2D eigenvalue weighted by atomic mass is 16.5. The number of carbonyl (C=O) groups is 1. The van der Waals surface area contributed by atoms with Gasteiger partial charge in [-0.15, -0.1) is 0 Å². The number of hydrogen-bond acceptors (Lipinski definition) is 5. The predicted molar refractivity (Wildman–Crippen MR) is 98.5 cm³/mol. The summed E-state index contributed by atoms with van der Waals surface area (Å²) in [5, 5.41) is 2.96. The van der Waals surface area contributed by atoms with Gasteiger partial charge in [0.1, 0.15) is 5.76 Å². The van der Waals surface area contributed by atoms with Crippen LogP contribution in [0.25, 0.3) is 0 Å². The number of aryl methyl sites for hydroxylation is 1. The molecule has 1 saturated heterocycles. The zero-order valence-electron chi connectivity index (χ0n) is 15.4. The number of amides is 1. The first-order chi connectivity index (χ1) is 12.7. The molecule has 140 valence electrons. The van der Waals surface area contributed by atoms with Crippen LogP contribution in [0.4, 0.5) is 0 Å². The van der Waals surface area contributed by atoms with Crippen molar-refractivity contribution in [1.29, 1.82) is 0 Å². The van der Waals surface area contributed by atoms with Gasteiger partial charge in [0.15, 0.2) is 18.1 Å². The summed E-state index contributed by atoms with van der Waals surface area (Å²) in [6.07, 6.45) is 4.04. The molecule has 1 fully saturated rings. The van der Waals surface area contributed by atoms with Crippen molar-refractivity contribution < 1.29 is 18.7 Å². The van der Waals surface area contributed by atoms with E-state index < -0.39 is 0 Å². The lowest BCUT2D eigenvalue weighted by Crippen LogP contribution is -2.38. The molecule has 1 unspecified atom stereocenters. The summed E-state index contributed by atoms with van der Waals surface area (Å²) in [6, 6.07) is 9.53. The number of likely N-dealkylation sites (tertiary alicyclic amines) is 1. The summed E-state index contributed by atoms with van der Waals surface area (Å²) in [4.78, 5) is 14.6. The van der Waals surface area contributed by atoms with Crippen molar-refractivity contribution in [1.82, 2.24) is 10.2 Å². The summed E-state index contributed by atoms with van der Waals surface area (Å²) in [5.74, 6) is 1.91. The van der Waals surface area contributed by atoms with E-state index in [0.717, 1.165) is 24.4 Å². The molecule has 0 bridgehead atoms. The molecule has 6 nitrogen and oxygen atoms in total. The lowest BCUT2D eigenvalue weighted by atomic mass is 10.2. The third kappa shape index (κ3) is 4.58. The van der Waals surface area contributed by atoms with E-state index in [1.165, 1.54) is 12.8 Å². The molecule has 1 aromatic carbocycles.